The SMILES string of the molecule is COc1ccc2nc(NC(=O)c3[nH]c4c(c3C)C(=O)CCC4)sc2c1. The molecule has 2 aromatic heterocycles. The lowest BCUT2D eigenvalue weighted by Gasteiger charge is -2.09. The lowest BCUT2D eigenvalue weighted by atomic mass is 9.94. The molecule has 0 saturated carbocycles. The van der Waals surface area contributed by atoms with E-state index in [9.17, 15) is 9.59 Å². The van der Waals surface area contributed by atoms with Crippen molar-refractivity contribution in [1.29, 1.82) is 0 Å². The molecule has 25 heavy (non-hydrogen) atoms. The molecule has 0 radical (unpaired) electrons. The van der Waals surface area contributed by atoms with Crippen molar-refractivity contribution in [3.63, 3.8) is 0 Å². The molecule has 1 aliphatic carbocycles. The number of ketones is 1. The number of aromatic amines is 1. The third-order valence-corrected chi connectivity index (χ3v) is 5.41. The molecule has 0 unspecified atom stereocenters. The van der Waals surface area contributed by atoms with Gasteiger partial charge in [-0.05, 0) is 43.5 Å². The zero-order valence-corrected chi connectivity index (χ0v) is 14.8. The largest absolute Gasteiger partial charge is 0.497 e. The van der Waals surface area contributed by atoms with Crippen LogP contribution in [-0.2, 0) is 6.42 Å². The van der Waals surface area contributed by atoms with E-state index in [2.05, 4.69) is 15.3 Å². The van der Waals surface area contributed by atoms with Gasteiger partial charge in [0.1, 0.15) is 11.4 Å². The third-order valence-electron chi connectivity index (χ3n) is 4.48. The van der Waals surface area contributed by atoms with E-state index in [4.69, 9.17) is 4.74 Å². The number of hydrogen-bond donors (Lipinski definition) is 2. The van der Waals surface area contributed by atoms with Crippen molar-refractivity contribution >= 4 is 38.4 Å². The monoisotopic (exact) mass is 355 g/mol. The van der Waals surface area contributed by atoms with Crippen molar-refractivity contribution in [2.24, 2.45) is 0 Å². The van der Waals surface area contributed by atoms with Crippen LogP contribution in [-0.4, -0.2) is 28.8 Å². The first-order chi connectivity index (χ1) is 12.1. The summed E-state index contributed by atoms with van der Waals surface area (Å²) in [4.78, 5) is 32.3. The quantitative estimate of drug-likeness (QED) is 0.750. The van der Waals surface area contributed by atoms with Crippen LogP contribution < -0.4 is 10.1 Å². The Labute approximate surface area is 148 Å². The van der Waals surface area contributed by atoms with Crippen molar-refractivity contribution in [2.75, 3.05) is 12.4 Å². The maximum absolute atomic E-state index is 12.6. The van der Waals surface area contributed by atoms with Crippen LogP contribution in [0.4, 0.5) is 5.13 Å². The summed E-state index contributed by atoms with van der Waals surface area (Å²) in [6.07, 6.45) is 2.18. The van der Waals surface area contributed by atoms with E-state index in [1.807, 2.05) is 25.1 Å². The number of nitrogens with one attached hydrogen (secondary N) is 2. The molecule has 6 nitrogen and oxygen atoms in total. The van der Waals surface area contributed by atoms with E-state index >= 15 is 0 Å². The van der Waals surface area contributed by atoms with Gasteiger partial charge in [-0.3, -0.25) is 14.9 Å². The molecule has 0 fully saturated rings. The molecule has 0 aliphatic heterocycles. The number of H-pyrrole nitrogens is 1. The summed E-state index contributed by atoms with van der Waals surface area (Å²) in [6, 6.07) is 5.58. The first kappa shape index (κ1) is 15.8. The van der Waals surface area contributed by atoms with Gasteiger partial charge in [0.25, 0.3) is 5.91 Å². The molecule has 0 spiro atoms. The highest BCUT2D eigenvalue weighted by molar-refractivity contribution is 7.22. The average molecular weight is 355 g/mol. The summed E-state index contributed by atoms with van der Waals surface area (Å²) in [6.45, 7) is 1.82. The standard InChI is InChI=1S/C18H17N3O3S/c1-9-15-12(4-3-5-13(15)22)19-16(9)17(23)21-18-20-11-7-6-10(24-2)8-14(11)25-18/h6-8,19H,3-5H2,1-2H3,(H,20,21,23). The second kappa shape index (κ2) is 6.00. The van der Waals surface area contributed by atoms with Gasteiger partial charge in [-0.2, -0.15) is 0 Å². The number of aryl methyl sites for hydroxylation is 1. The summed E-state index contributed by atoms with van der Waals surface area (Å²) in [5, 5.41) is 3.35. The molecule has 0 saturated heterocycles. The van der Waals surface area contributed by atoms with Crippen molar-refractivity contribution in [3.05, 3.63) is 40.7 Å². The summed E-state index contributed by atoms with van der Waals surface area (Å²) in [7, 11) is 1.61. The molecule has 4 rings (SSSR count). The predicted molar refractivity (Wildman–Crippen MR) is 96.9 cm³/mol. The van der Waals surface area contributed by atoms with E-state index in [1.165, 1.54) is 11.3 Å². The Morgan fingerprint density at radius 3 is 2.96 bits per heavy atom. The molecule has 7 heteroatoms. The maximum Gasteiger partial charge on any atom is 0.274 e. The number of carbonyl (C=O) groups excluding carboxylic acids is 2. The van der Waals surface area contributed by atoms with E-state index in [0.29, 0.717) is 22.8 Å². The second-order valence-electron chi connectivity index (χ2n) is 6.06. The number of nitrogens with zero attached hydrogens (tertiary/aromatic N) is 1. The van der Waals surface area contributed by atoms with E-state index < -0.39 is 0 Å². The third kappa shape index (κ3) is 2.70. The minimum absolute atomic E-state index is 0.112. The Balaban J connectivity index is 1.63. The highest BCUT2D eigenvalue weighted by Crippen LogP contribution is 2.30. The van der Waals surface area contributed by atoms with Crippen molar-refractivity contribution in [1.82, 2.24) is 9.97 Å². The van der Waals surface area contributed by atoms with Crippen LogP contribution in [0.15, 0.2) is 18.2 Å². The van der Waals surface area contributed by atoms with Gasteiger partial charge in [0.05, 0.1) is 17.3 Å². The maximum atomic E-state index is 12.6. The van der Waals surface area contributed by atoms with Crippen LogP contribution in [0, 0.1) is 6.92 Å². The Hall–Kier alpha value is -2.67. The van der Waals surface area contributed by atoms with Crippen LogP contribution in [0.3, 0.4) is 0 Å². The molecule has 128 valence electrons. The highest BCUT2D eigenvalue weighted by atomic mass is 32.1. The summed E-state index contributed by atoms with van der Waals surface area (Å²) < 4.78 is 6.15. The first-order valence-corrected chi connectivity index (χ1v) is 8.89. The van der Waals surface area contributed by atoms with Gasteiger partial charge in [0.2, 0.25) is 0 Å². The number of benzene rings is 1. The minimum atomic E-state index is -0.272. The lowest BCUT2D eigenvalue weighted by molar-refractivity contribution is 0.0971. The minimum Gasteiger partial charge on any atom is -0.497 e. The zero-order chi connectivity index (χ0) is 17.6. The van der Waals surface area contributed by atoms with Crippen LogP contribution in [0.2, 0.25) is 0 Å². The first-order valence-electron chi connectivity index (χ1n) is 8.07. The Kier molecular flexibility index (Phi) is 3.80. The average Bonchev–Trinajstić information content (AvgIpc) is 3.15. The number of anilines is 1. The van der Waals surface area contributed by atoms with Crippen molar-refractivity contribution in [2.45, 2.75) is 26.2 Å². The number of hydrogen-bond acceptors (Lipinski definition) is 5. The number of amides is 1. The smallest absolute Gasteiger partial charge is 0.274 e. The van der Waals surface area contributed by atoms with Crippen molar-refractivity contribution < 1.29 is 14.3 Å². The number of fused-ring (bicyclic) bond motifs is 2. The van der Waals surface area contributed by atoms with Gasteiger partial charge >= 0.3 is 0 Å². The van der Waals surface area contributed by atoms with Crippen LogP contribution in [0.1, 0.15) is 44.9 Å². The molecule has 3 aromatic rings. The molecule has 0 atom stereocenters. The Morgan fingerprint density at radius 2 is 2.20 bits per heavy atom. The van der Waals surface area contributed by atoms with E-state index in [0.717, 1.165) is 40.1 Å². The van der Waals surface area contributed by atoms with Gasteiger partial charge < -0.3 is 9.72 Å². The number of carbonyl (C=O) groups is 2. The normalized spacial score (nSPS) is 13.8. The fourth-order valence-electron chi connectivity index (χ4n) is 3.25. The van der Waals surface area contributed by atoms with Gasteiger partial charge in [-0.25, -0.2) is 4.98 Å². The molecule has 2 N–H and O–H groups in total. The predicted octanol–water partition coefficient (Wildman–Crippen LogP) is 3.71. The fraction of sp³-hybridized carbons (Fsp3) is 0.278. The summed E-state index contributed by atoms with van der Waals surface area (Å²) in [5.74, 6) is 0.590. The van der Waals surface area contributed by atoms with Crippen LogP contribution in [0.25, 0.3) is 10.2 Å². The van der Waals surface area contributed by atoms with Gasteiger partial charge in [0.15, 0.2) is 10.9 Å². The number of Topliss-reactive ketones (excluding diaryl/α,β-unsaturated/α-hetero) is 1. The lowest BCUT2D eigenvalue weighted by Crippen LogP contribution is -2.13. The highest BCUT2D eigenvalue weighted by Gasteiger charge is 2.26. The molecule has 0 bridgehead atoms. The molecule has 1 amide bonds. The van der Waals surface area contributed by atoms with Gasteiger partial charge in [0, 0.05) is 17.7 Å². The van der Waals surface area contributed by atoms with E-state index in [-0.39, 0.29) is 11.7 Å². The molecule has 1 aliphatic rings. The number of thiazole rings is 1. The van der Waals surface area contributed by atoms with Gasteiger partial charge in [-0.1, -0.05) is 11.3 Å². The topological polar surface area (TPSA) is 84.1 Å². The van der Waals surface area contributed by atoms with Crippen LogP contribution >= 0.6 is 11.3 Å². The molecule has 1 aromatic carbocycles. The number of ether oxygens (including phenoxy) is 1. The summed E-state index contributed by atoms with van der Waals surface area (Å²) in [5.41, 5.74) is 3.52. The zero-order valence-electron chi connectivity index (χ0n) is 13.9. The molecule has 2 heterocycles. The van der Waals surface area contributed by atoms with Crippen LogP contribution in [0.5, 0.6) is 5.75 Å². The number of methoxy groups -OCH3 is 1. The van der Waals surface area contributed by atoms with Gasteiger partial charge in [-0.15, -0.1) is 0 Å². The summed E-state index contributed by atoms with van der Waals surface area (Å²) >= 11 is 1.39. The van der Waals surface area contributed by atoms with E-state index in [1.54, 1.807) is 7.11 Å². The number of aromatic nitrogens is 2. The second-order valence-corrected chi connectivity index (χ2v) is 7.09. The van der Waals surface area contributed by atoms with Crippen molar-refractivity contribution in [3.8, 4) is 5.75 Å². The Morgan fingerprint density at radius 1 is 1.36 bits per heavy atom. The molecular formula is C18H17N3O3S. The molecular weight excluding hydrogens is 338 g/mol. The number of rotatable bonds is 3. The fourth-order valence-corrected chi connectivity index (χ4v) is 4.14. The Bertz CT molecular complexity index is 1000.